The number of nitrogens with zero attached hydrogens (tertiary/aromatic N) is 1. The second-order valence-electron chi connectivity index (χ2n) is 9.74. The molecule has 3 rings (SSSR count). The molecule has 1 fully saturated rings. The highest BCUT2D eigenvalue weighted by atomic mass is 16.6. The van der Waals surface area contributed by atoms with Crippen LogP contribution in [0.1, 0.15) is 92.9 Å². The van der Waals surface area contributed by atoms with Gasteiger partial charge >= 0.3 is 5.97 Å². The molecular weight excluding hydrogens is 438 g/mol. The van der Waals surface area contributed by atoms with Crippen LogP contribution in [0.15, 0.2) is 18.2 Å². The van der Waals surface area contributed by atoms with Crippen molar-refractivity contribution in [1.82, 2.24) is 10.2 Å². The monoisotopic (exact) mass is 471 g/mol. The largest absolute Gasteiger partial charge is 0.460 e. The Bertz CT molecular complexity index is 981. The Hall–Kier alpha value is -3.23. The Kier molecular flexibility index (Phi) is 8.06. The second-order valence-corrected chi connectivity index (χ2v) is 9.74. The van der Waals surface area contributed by atoms with Gasteiger partial charge in [0.05, 0.1) is 11.1 Å². The van der Waals surface area contributed by atoms with Crippen molar-refractivity contribution in [3.63, 3.8) is 0 Å². The van der Waals surface area contributed by atoms with Crippen molar-refractivity contribution >= 4 is 35.3 Å². The first kappa shape index (κ1) is 25.4. The first-order valence-electron chi connectivity index (χ1n) is 11.9. The van der Waals surface area contributed by atoms with Gasteiger partial charge in [0.25, 0.3) is 11.8 Å². The standard InChI is InChI=1S/C25H33N3O6/c1-25(2,3)34-21(30)9-7-5-4-6-8-14-26-16-10-11-17-18(15-16)24(33)28(23(17)32)19-12-13-20(29)27-22(19)31/h10-11,15,19,26H,4-9,12-14H2,1-3H3,(H,27,29,31). The van der Waals surface area contributed by atoms with Gasteiger partial charge in [-0.25, -0.2) is 0 Å². The van der Waals surface area contributed by atoms with Crippen molar-refractivity contribution in [2.24, 2.45) is 0 Å². The maximum Gasteiger partial charge on any atom is 0.306 e. The van der Waals surface area contributed by atoms with Crippen LogP contribution in [0.2, 0.25) is 0 Å². The van der Waals surface area contributed by atoms with E-state index in [1.54, 1.807) is 18.2 Å². The predicted octanol–water partition coefficient (Wildman–Crippen LogP) is 3.18. The van der Waals surface area contributed by atoms with Gasteiger partial charge in [-0.2, -0.15) is 0 Å². The molecular formula is C25H33N3O6. The Balaban J connectivity index is 1.41. The zero-order chi connectivity index (χ0) is 24.9. The molecule has 2 heterocycles. The van der Waals surface area contributed by atoms with Crippen molar-refractivity contribution in [2.45, 2.75) is 83.8 Å². The van der Waals surface area contributed by atoms with Gasteiger partial charge < -0.3 is 10.1 Å². The number of esters is 1. The molecule has 1 aromatic rings. The van der Waals surface area contributed by atoms with E-state index < -0.39 is 35.3 Å². The first-order chi connectivity index (χ1) is 16.1. The minimum absolute atomic E-state index is 0.0949. The third-order valence-electron chi connectivity index (χ3n) is 5.75. The van der Waals surface area contributed by atoms with E-state index in [1.165, 1.54) is 0 Å². The van der Waals surface area contributed by atoms with Gasteiger partial charge in [0.1, 0.15) is 11.6 Å². The highest BCUT2D eigenvalue weighted by molar-refractivity contribution is 6.23. The number of fused-ring (bicyclic) bond motifs is 1. The number of rotatable bonds is 10. The third-order valence-corrected chi connectivity index (χ3v) is 5.75. The number of hydrogen-bond acceptors (Lipinski definition) is 7. The minimum Gasteiger partial charge on any atom is -0.460 e. The molecule has 0 spiro atoms. The summed E-state index contributed by atoms with van der Waals surface area (Å²) in [6, 6.07) is 4.03. The Morgan fingerprint density at radius 3 is 2.41 bits per heavy atom. The predicted molar refractivity (Wildman–Crippen MR) is 125 cm³/mol. The van der Waals surface area contributed by atoms with Crippen LogP contribution in [0.4, 0.5) is 5.69 Å². The molecule has 9 heteroatoms. The van der Waals surface area contributed by atoms with E-state index in [9.17, 15) is 24.0 Å². The molecule has 4 amide bonds. The van der Waals surface area contributed by atoms with E-state index in [2.05, 4.69) is 10.6 Å². The lowest BCUT2D eigenvalue weighted by Gasteiger charge is -2.27. The zero-order valence-electron chi connectivity index (χ0n) is 20.1. The van der Waals surface area contributed by atoms with Crippen molar-refractivity contribution in [3.8, 4) is 0 Å². The molecule has 0 aromatic heterocycles. The highest BCUT2D eigenvalue weighted by Crippen LogP contribution is 2.29. The van der Waals surface area contributed by atoms with E-state index in [0.717, 1.165) is 42.7 Å². The van der Waals surface area contributed by atoms with Crippen LogP contribution in [-0.4, -0.2) is 52.7 Å². The summed E-state index contributed by atoms with van der Waals surface area (Å²) in [7, 11) is 0. The molecule has 1 unspecified atom stereocenters. The summed E-state index contributed by atoms with van der Waals surface area (Å²) in [6.45, 7) is 6.30. The lowest BCUT2D eigenvalue weighted by molar-refractivity contribution is -0.155. The fourth-order valence-corrected chi connectivity index (χ4v) is 4.13. The number of unbranched alkanes of at least 4 members (excludes halogenated alkanes) is 4. The SMILES string of the molecule is CC(C)(C)OC(=O)CCCCCCCNc1ccc2c(c1)C(=O)N(C1CCC(=O)NC1=O)C2=O. The van der Waals surface area contributed by atoms with E-state index in [4.69, 9.17) is 4.74 Å². The van der Waals surface area contributed by atoms with Crippen LogP contribution in [-0.2, 0) is 19.1 Å². The maximum atomic E-state index is 12.9. The summed E-state index contributed by atoms with van der Waals surface area (Å²) in [5.41, 5.74) is 0.823. The number of carbonyl (C=O) groups is 5. The smallest absolute Gasteiger partial charge is 0.306 e. The molecule has 1 aromatic carbocycles. The van der Waals surface area contributed by atoms with Crippen LogP contribution in [0.5, 0.6) is 0 Å². The molecule has 0 saturated carbocycles. The molecule has 0 bridgehead atoms. The van der Waals surface area contributed by atoms with Gasteiger partial charge in [0.15, 0.2) is 0 Å². The lowest BCUT2D eigenvalue weighted by atomic mass is 10.0. The Morgan fingerprint density at radius 2 is 1.71 bits per heavy atom. The van der Waals surface area contributed by atoms with Crippen LogP contribution in [0.25, 0.3) is 0 Å². The average Bonchev–Trinajstić information content (AvgIpc) is 2.99. The molecule has 1 atom stereocenters. The van der Waals surface area contributed by atoms with Crippen LogP contribution < -0.4 is 10.6 Å². The Labute approximate surface area is 199 Å². The lowest BCUT2D eigenvalue weighted by Crippen LogP contribution is -2.54. The van der Waals surface area contributed by atoms with E-state index >= 15 is 0 Å². The van der Waals surface area contributed by atoms with Crippen LogP contribution in [0.3, 0.4) is 0 Å². The summed E-state index contributed by atoms with van der Waals surface area (Å²) in [5.74, 6) is -2.19. The number of benzene rings is 1. The molecule has 1 saturated heterocycles. The fourth-order valence-electron chi connectivity index (χ4n) is 4.13. The quantitative estimate of drug-likeness (QED) is 0.305. The van der Waals surface area contributed by atoms with Gasteiger partial charge in [0.2, 0.25) is 11.8 Å². The summed E-state index contributed by atoms with van der Waals surface area (Å²) in [6.07, 6.45) is 5.40. The number of amides is 4. The van der Waals surface area contributed by atoms with Gasteiger partial charge in [0, 0.05) is 25.1 Å². The molecule has 2 aliphatic rings. The molecule has 0 aliphatic carbocycles. The fraction of sp³-hybridized carbons (Fsp3) is 0.560. The first-order valence-corrected chi connectivity index (χ1v) is 11.9. The minimum atomic E-state index is -0.961. The zero-order valence-corrected chi connectivity index (χ0v) is 20.1. The van der Waals surface area contributed by atoms with E-state index in [0.29, 0.717) is 13.0 Å². The molecule has 0 radical (unpaired) electrons. The normalized spacial score (nSPS) is 18.1. The molecule has 9 nitrogen and oxygen atoms in total. The number of hydrogen-bond donors (Lipinski definition) is 2. The second kappa shape index (κ2) is 10.8. The van der Waals surface area contributed by atoms with Crippen molar-refractivity contribution in [2.75, 3.05) is 11.9 Å². The maximum absolute atomic E-state index is 12.9. The van der Waals surface area contributed by atoms with Gasteiger partial charge in [-0.05, 0) is 58.2 Å². The van der Waals surface area contributed by atoms with Crippen LogP contribution >= 0.6 is 0 Å². The van der Waals surface area contributed by atoms with Crippen molar-refractivity contribution < 1.29 is 28.7 Å². The van der Waals surface area contributed by atoms with Crippen molar-refractivity contribution in [3.05, 3.63) is 29.3 Å². The molecule has 2 aliphatic heterocycles. The number of anilines is 1. The number of nitrogens with one attached hydrogen (secondary N) is 2. The topological polar surface area (TPSA) is 122 Å². The van der Waals surface area contributed by atoms with Gasteiger partial charge in [-0.3, -0.25) is 34.2 Å². The third kappa shape index (κ3) is 6.42. The summed E-state index contributed by atoms with van der Waals surface area (Å²) in [4.78, 5) is 61.8. The number of ether oxygens (including phenoxy) is 1. The number of piperidine rings is 1. The number of carbonyl (C=O) groups excluding carboxylic acids is 5. The van der Waals surface area contributed by atoms with Gasteiger partial charge in [-0.1, -0.05) is 19.3 Å². The number of imide groups is 2. The molecule has 184 valence electrons. The molecule has 2 N–H and O–H groups in total. The highest BCUT2D eigenvalue weighted by Gasteiger charge is 2.44. The summed E-state index contributed by atoms with van der Waals surface area (Å²) in [5, 5.41) is 5.47. The van der Waals surface area contributed by atoms with Gasteiger partial charge in [-0.15, -0.1) is 0 Å². The van der Waals surface area contributed by atoms with Crippen LogP contribution in [0, 0.1) is 0 Å². The summed E-state index contributed by atoms with van der Waals surface area (Å²) >= 11 is 0. The summed E-state index contributed by atoms with van der Waals surface area (Å²) < 4.78 is 5.30. The van der Waals surface area contributed by atoms with E-state index in [-0.39, 0.29) is 29.9 Å². The van der Waals surface area contributed by atoms with Crippen molar-refractivity contribution in [1.29, 1.82) is 0 Å². The average molecular weight is 472 g/mol. The van der Waals surface area contributed by atoms with E-state index in [1.807, 2.05) is 20.8 Å². The Morgan fingerprint density at radius 1 is 1.03 bits per heavy atom. The molecule has 34 heavy (non-hydrogen) atoms.